The maximum atomic E-state index is 13.1. The quantitative estimate of drug-likeness (QED) is 0.734. The topological polar surface area (TPSA) is 79.5 Å². The van der Waals surface area contributed by atoms with Gasteiger partial charge in [-0.05, 0) is 38.1 Å². The van der Waals surface area contributed by atoms with Crippen LogP contribution in [0.25, 0.3) is 0 Å². The Morgan fingerprint density at radius 1 is 1.25 bits per heavy atom. The van der Waals surface area contributed by atoms with E-state index in [1.165, 1.54) is 0 Å². The summed E-state index contributed by atoms with van der Waals surface area (Å²) in [7, 11) is 0. The Morgan fingerprint density at radius 2 is 1.92 bits per heavy atom. The number of anilines is 1. The number of cyclic esters (lactones) is 1. The molecule has 2 saturated heterocycles. The lowest BCUT2D eigenvalue weighted by atomic mass is 9.76. The van der Waals surface area contributed by atoms with Crippen molar-refractivity contribution in [2.24, 2.45) is 5.41 Å². The number of nitrogens with one attached hydrogen (secondary N) is 3. The Bertz CT molecular complexity index is 627. The van der Waals surface area contributed by atoms with Crippen LogP contribution in [0.1, 0.15) is 19.3 Å². The first-order valence-corrected chi connectivity index (χ1v) is 7.90. The smallest absolute Gasteiger partial charge is 0.319 e. The lowest BCUT2D eigenvalue weighted by Crippen LogP contribution is -2.40. The van der Waals surface area contributed by atoms with Gasteiger partial charge in [0.05, 0.1) is 12.0 Å². The minimum Gasteiger partial charge on any atom is -0.460 e. The molecule has 2 aliphatic heterocycles. The highest BCUT2D eigenvalue weighted by Crippen LogP contribution is 2.41. The van der Waals surface area contributed by atoms with Crippen LogP contribution in [-0.2, 0) is 9.53 Å². The summed E-state index contributed by atoms with van der Waals surface area (Å²) in [5.74, 6) is -1.76. The molecule has 2 amide bonds. The van der Waals surface area contributed by atoms with Crippen LogP contribution in [-0.4, -0.2) is 37.7 Å². The van der Waals surface area contributed by atoms with E-state index in [0.29, 0.717) is 6.42 Å². The Balaban J connectivity index is 1.51. The average Bonchev–Trinajstić information content (AvgIpc) is 2.81. The second-order valence-corrected chi connectivity index (χ2v) is 6.25. The van der Waals surface area contributed by atoms with Crippen LogP contribution in [0.4, 0.5) is 19.3 Å². The molecule has 3 rings (SSSR count). The van der Waals surface area contributed by atoms with Gasteiger partial charge in [0.1, 0.15) is 17.7 Å². The fraction of sp³-hybridized carbons (Fsp3) is 0.500. The molecule has 1 aromatic carbocycles. The van der Waals surface area contributed by atoms with E-state index in [1.807, 2.05) is 0 Å². The highest BCUT2D eigenvalue weighted by Gasteiger charge is 2.49. The summed E-state index contributed by atoms with van der Waals surface area (Å²) in [5, 5.41) is 8.13. The number of carbonyl (C=O) groups is 2. The molecule has 0 aromatic heterocycles. The number of rotatable bonds is 3. The summed E-state index contributed by atoms with van der Waals surface area (Å²) < 4.78 is 31.5. The van der Waals surface area contributed by atoms with E-state index in [1.54, 1.807) is 0 Å². The van der Waals surface area contributed by atoms with Crippen molar-refractivity contribution in [2.75, 3.05) is 25.0 Å². The lowest BCUT2D eigenvalue weighted by Gasteiger charge is -2.29. The van der Waals surface area contributed by atoms with Crippen molar-refractivity contribution in [2.45, 2.75) is 25.4 Å². The molecular weight excluding hydrogens is 320 g/mol. The molecule has 1 unspecified atom stereocenters. The predicted octanol–water partition coefficient (Wildman–Crippen LogP) is 1.77. The molecule has 2 heterocycles. The Labute approximate surface area is 137 Å². The normalized spacial score (nSPS) is 22.2. The van der Waals surface area contributed by atoms with E-state index in [9.17, 15) is 18.4 Å². The lowest BCUT2D eigenvalue weighted by molar-refractivity contribution is -0.149. The van der Waals surface area contributed by atoms with Crippen molar-refractivity contribution >= 4 is 17.7 Å². The average molecular weight is 339 g/mol. The fourth-order valence-electron chi connectivity index (χ4n) is 3.27. The van der Waals surface area contributed by atoms with Crippen LogP contribution in [0.15, 0.2) is 18.2 Å². The maximum absolute atomic E-state index is 13.1. The zero-order valence-electron chi connectivity index (χ0n) is 13.0. The molecule has 6 nitrogen and oxygen atoms in total. The van der Waals surface area contributed by atoms with Crippen LogP contribution in [0, 0.1) is 17.0 Å². The number of halogens is 2. The molecule has 8 heteroatoms. The third-order valence-electron chi connectivity index (χ3n) is 4.50. The van der Waals surface area contributed by atoms with Crippen LogP contribution in [0.2, 0.25) is 0 Å². The molecule has 1 atom stereocenters. The van der Waals surface area contributed by atoms with Crippen molar-refractivity contribution in [1.82, 2.24) is 10.6 Å². The van der Waals surface area contributed by atoms with E-state index < -0.39 is 23.1 Å². The van der Waals surface area contributed by atoms with Gasteiger partial charge in [0.25, 0.3) is 0 Å². The molecule has 24 heavy (non-hydrogen) atoms. The number of amides is 2. The van der Waals surface area contributed by atoms with Crippen molar-refractivity contribution in [1.29, 1.82) is 0 Å². The van der Waals surface area contributed by atoms with Crippen LogP contribution >= 0.6 is 0 Å². The summed E-state index contributed by atoms with van der Waals surface area (Å²) >= 11 is 0. The molecule has 1 spiro atoms. The fourth-order valence-corrected chi connectivity index (χ4v) is 3.27. The zero-order chi connectivity index (χ0) is 17.2. The Hall–Kier alpha value is -2.22. The first-order chi connectivity index (χ1) is 11.5. The van der Waals surface area contributed by atoms with Gasteiger partial charge < -0.3 is 20.7 Å². The number of hydrogen-bond acceptors (Lipinski definition) is 4. The second kappa shape index (κ2) is 6.72. The molecule has 2 aliphatic rings. The largest absolute Gasteiger partial charge is 0.460 e. The number of hydrogen-bond donors (Lipinski definition) is 3. The maximum Gasteiger partial charge on any atom is 0.319 e. The summed E-state index contributed by atoms with van der Waals surface area (Å²) in [5.41, 5.74) is -0.428. The number of urea groups is 1. The highest BCUT2D eigenvalue weighted by atomic mass is 19.1. The van der Waals surface area contributed by atoms with Gasteiger partial charge in [-0.1, -0.05) is 0 Å². The third-order valence-corrected chi connectivity index (χ3v) is 4.50. The molecule has 0 aliphatic carbocycles. The molecule has 2 fully saturated rings. The van der Waals surface area contributed by atoms with Gasteiger partial charge in [-0.25, -0.2) is 13.6 Å². The summed E-state index contributed by atoms with van der Waals surface area (Å²) in [6.07, 6.45) is 1.65. The molecule has 0 bridgehead atoms. The summed E-state index contributed by atoms with van der Waals surface area (Å²) in [6.45, 7) is 1.71. The number of piperidine rings is 1. The minimum atomic E-state index is -0.775. The molecule has 0 radical (unpaired) electrons. The van der Waals surface area contributed by atoms with Crippen molar-refractivity contribution in [3.05, 3.63) is 29.8 Å². The van der Waals surface area contributed by atoms with Crippen molar-refractivity contribution < 1.29 is 23.1 Å². The number of esters is 1. The molecule has 3 N–H and O–H groups in total. The standard InChI is InChI=1S/C16H19F2N3O3/c17-10-5-11(18)7-12(6-10)21-15(23)20-9-13-8-16(14(22)24-13)1-3-19-4-2-16/h5-7,13,19H,1-4,8-9H2,(H2,20,21,23). The van der Waals surface area contributed by atoms with E-state index in [-0.39, 0.29) is 24.3 Å². The van der Waals surface area contributed by atoms with E-state index in [4.69, 9.17) is 4.74 Å². The minimum absolute atomic E-state index is 0.0169. The molecular formula is C16H19F2N3O3. The highest BCUT2D eigenvalue weighted by molar-refractivity contribution is 5.89. The van der Waals surface area contributed by atoms with Gasteiger partial charge in [0.15, 0.2) is 0 Å². The molecule has 130 valence electrons. The summed E-state index contributed by atoms with van der Waals surface area (Å²) in [4.78, 5) is 23.9. The number of ether oxygens (including phenoxy) is 1. The van der Waals surface area contributed by atoms with Gasteiger partial charge in [-0.15, -0.1) is 0 Å². The van der Waals surface area contributed by atoms with Crippen LogP contribution in [0.3, 0.4) is 0 Å². The molecule has 0 saturated carbocycles. The molecule has 1 aromatic rings. The van der Waals surface area contributed by atoms with E-state index in [0.717, 1.165) is 44.1 Å². The van der Waals surface area contributed by atoms with Gasteiger partial charge in [-0.2, -0.15) is 0 Å². The van der Waals surface area contributed by atoms with Gasteiger partial charge in [-0.3, -0.25) is 4.79 Å². The first-order valence-electron chi connectivity index (χ1n) is 7.90. The summed E-state index contributed by atoms with van der Waals surface area (Å²) in [6, 6.07) is 2.15. The van der Waals surface area contributed by atoms with E-state index in [2.05, 4.69) is 16.0 Å². The number of carbonyl (C=O) groups excluding carboxylic acids is 2. The monoisotopic (exact) mass is 339 g/mol. The Kier molecular flexibility index (Phi) is 4.66. The SMILES string of the molecule is O=C(NCC1CC2(CCNCC2)C(=O)O1)Nc1cc(F)cc(F)c1. The van der Waals surface area contributed by atoms with Gasteiger partial charge in [0, 0.05) is 18.2 Å². The predicted molar refractivity (Wildman–Crippen MR) is 82.4 cm³/mol. The first kappa shape index (κ1) is 16.6. The second-order valence-electron chi connectivity index (χ2n) is 6.25. The Morgan fingerprint density at radius 3 is 2.58 bits per heavy atom. The van der Waals surface area contributed by atoms with Gasteiger partial charge >= 0.3 is 12.0 Å². The van der Waals surface area contributed by atoms with Gasteiger partial charge in [0.2, 0.25) is 0 Å². The zero-order valence-corrected chi connectivity index (χ0v) is 13.0. The van der Waals surface area contributed by atoms with Crippen LogP contribution in [0.5, 0.6) is 0 Å². The van der Waals surface area contributed by atoms with Crippen LogP contribution < -0.4 is 16.0 Å². The van der Waals surface area contributed by atoms with E-state index >= 15 is 0 Å². The number of benzene rings is 1. The third kappa shape index (κ3) is 3.64. The van der Waals surface area contributed by atoms with Crippen molar-refractivity contribution in [3.63, 3.8) is 0 Å². The van der Waals surface area contributed by atoms with Crippen molar-refractivity contribution in [3.8, 4) is 0 Å².